The predicted molar refractivity (Wildman–Crippen MR) is 206 cm³/mol. The molecule has 2 fully saturated rings. The molecule has 4 aromatic rings. The van der Waals surface area contributed by atoms with Crippen molar-refractivity contribution in [1.29, 1.82) is 5.26 Å². The van der Waals surface area contributed by atoms with Gasteiger partial charge in [0.2, 0.25) is 0 Å². The second kappa shape index (κ2) is 18.5. The Bertz CT molecular complexity index is 1970. The van der Waals surface area contributed by atoms with Gasteiger partial charge in [0.1, 0.15) is 36.5 Å². The minimum absolute atomic E-state index is 0.0706. The first-order valence-corrected chi connectivity index (χ1v) is 19.3. The number of halogens is 4. The lowest BCUT2D eigenvalue weighted by Crippen LogP contribution is -2.49. The van der Waals surface area contributed by atoms with E-state index in [1.807, 2.05) is 43.3 Å². The summed E-state index contributed by atoms with van der Waals surface area (Å²) in [6.07, 6.45) is 1.26. The molecule has 2 aliphatic heterocycles. The average Bonchev–Trinajstić information content (AvgIpc) is 3.17. The van der Waals surface area contributed by atoms with Gasteiger partial charge in [-0.1, -0.05) is 48.4 Å². The first-order valence-electron chi connectivity index (χ1n) is 18.9. The molecule has 1 unspecified atom stereocenters. The number of pyridine rings is 1. The van der Waals surface area contributed by atoms with Crippen LogP contribution in [0.3, 0.4) is 0 Å². The van der Waals surface area contributed by atoms with Gasteiger partial charge in [-0.3, -0.25) is 14.8 Å². The maximum absolute atomic E-state index is 13.1. The lowest BCUT2D eigenvalue weighted by atomic mass is 9.93. The number of rotatable bonds is 14. The van der Waals surface area contributed by atoms with E-state index >= 15 is 0 Å². The predicted octanol–water partition coefficient (Wildman–Crippen LogP) is 9.45. The summed E-state index contributed by atoms with van der Waals surface area (Å²) in [5.74, 6) is 1.92. The smallest absolute Gasteiger partial charge is 0.415 e. The van der Waals surface area contributed by atoms with Crippen molar-refractivity contribution in [2.24, 2.45) is 0 Å². The summed E-state index contributed by atoms with van der Waals surface area (Å²) in [6, 6.07) is 20.2. The highest BCUT2D eigenvalue weighted by Gasteiger charge is 2.43. The average molecular weight is 777 g/mol. The molecule has 0 N–H and O–H groups in total. The molecule has 1 aromatic heterocycles. The third-order valence-corrected chi connectivity index (χ3v) is 10.8. The number of aromatic nitrogens is 1. The molecule has 2 aliphatic rings. The van der Waals surface area contributed by atoms with Crippen LogP contribution in [-0.2, 0) is 24.5 Å². The highest BCUT2D eigenvalue weighted by atomic mass is 35.5. The van der Waals surface area contributed by atoms with E-state index < -0.39 is 12.3 Å². The number of hydrogen-bond acceptors (Lipinski definition) is 8. The molecule has 0 aliphatic carbocycles. The van der Waals surface area contributed by atoms with E-state index in [0.29, 0.717) is 60.8 Å². The zero-order chi connectivity index (χ0) is 39.0. The Morgan fingerprint density at radius 2 is 1.69 bits per heavy atom. The van der Waals surface area contributed by atoms with Crippen LogP contribution in [0.2, 0.25) is 5.02 Å². The normalized spacial score (nSPS) is 18.1. The number of nitriles is 1. The highest BCUT2D eigenvalue weighted by molar-refractivity contribution is 6.32. The molecular formula is C43H48ClF3N4O4. The summed E-state index contributed by atoms with van der Waals surface area (Å²) in [6.45, 7) is 9.86. The van der Waals surface area contributed by atoms with E-state index in [0.717, 1.165) is 64.1 Å². The van der Waals surface area contributed by atoms with Gasteiger partial charge in [0.25, 0.3) is 0 Å². The number of alkyl halides is 3. The minimum Gasteiger partial charge on any atom is -0.493 e. The molecule has 0 bridgehead atoms. The molecule has 8 nitrogen and oxygen atoms in total. The molecule has 292 valence electrons. The molecular weight excluding hydrogens is 729 g/mol. The Morgan fingerprint density at radius 3 is 2.47 bits per heavy atom. The summed E-state index contributed by atoms with van der Waals surface area (Å²) >= 11 is 6.89. The zero-order valence-corrected chi connectivity index (χ0v) is 32.4. The van der Waals surface area contributed by atoms with Crippen LogP contribution in [0.1, 0.15) is 66.0 Å². The van der Waals surface area contributed by atoms with Crippen molar-refractivity contribution < 1.29 is 32.1 Å². The van der Waals surface area contributed by atoms with Gasteiger partial charge in [0, 0.05) is 61.8 Å². The number of hydrogen-bond donors (Lipinski definition) is 0. The number of benzene rings is 3. The molecule has 0 amide bonds. The summed E-state index contributed by atoms with van der Waals surface area (Å²) in [5, 5.41) is 9.85. The van der Waals surface area contributed by atoms with Crippen LogP contribution >= 0.6 is 11.6 Å². The Balaban J connectivity index is 1.13. The van der Waals surface area contributed by atoms with Gasteiger partial charge in [-0.25, -0.2) is 0 Å². The summed E-state index contributed by atoms with van der Waals surface area (Å²) in [5.41, 5.74) is 7.35. The molecule has 3 heterocycles. The van der Waals surface area contributed by atoms with Crippen LogP contribution in [0.5, 0.6) is 17.2 Å². The Kier molecular flexibility index (Phi) is 13.6. The standard InChI is InChI=1S/C43H48ClF3N4O4/c1-29-9-4-5-15-51(29)25-35-20-38(44)41(21-40(35)54-27-33-19-32(22-48)23-49-24-33)55-28-34-10-6-11-36(30(34)2)37-12-7-13-39(31(37)3)52-17-8-14-50-16-18-53-42(26-50)43(45,46)47/h6-7,10-13,19-21,23-24,29,42H,4-5,8-9,14-18,25-28H2,1-3H3/t29-,42?/m1/s1. The second-order valence-electron chi connectivity index (χ2n) is 14.4. The molecule has 0 saturated carbocycles. The van der Waals surface area contributed by atoms with Gasteiger partial charge in [-0.15, -0.1) is 0 Å². The van der Waals surface area contributed by atoms with Crippen LogP contribution in [0.4, 0.5) is 13.2 Å². The first kappa shape index (κ1) is 40.3. The third kappa shape index (κ3) is 10.5. The number of piperidine rings is 1. The second-order valence-corrected chi connectivity index (χ2v) is 14.8. The van der Waals surface area contributed by atoms with Crippen LogP contribution in [-0.4, -0.2) is 72.5 Å². The van der Waals surface area contributed by atoms with Crippen molar-refractivity contribution in [3.05, 3.63) is 105 Å². The number of nitrogens with zero attached hydrogens (tertiary/aromatic N) is 4. The quantitative estimate of drug-likeness (QED) is 0.117. The molecule has 0 radical (unpaired) electrons. The van der Waals surface area contributed by atoms with Gasteiger partial charge in [0.15, 0.2) is 6.10 Å². The topological polar surface area (TPSA) is 80.1 Å². The molecule has 2 atom stereocenters. The number of morpholine rings is 1. The van der Waals surface area contributed by atoms with Crippen LogP contribution in [0.15, 0.2) is 67.0 Å². The summed E-state index contributed by atoms with van der Waals surface area (Å²) < 4.78 is 63.3. The van der Waals surface area contributed by atoms with Gasteiger partial charge in [0.05, 0.1) is 23.8 Å². The van der Waals surface area contributed by atoms with Crippen molar-refractivity contribution in [1.82, 2.24) is 14.8 Å². The molecule has 3 aromatic carbocycles. The zero-order valence-electron chi connectivity index (χ0n) is 31.6. The molecule has 55 heavy (non-hydrogen) atoms. The minimum atomic E-state index is -4.36. The molecule has 6 rings (SSSR count). The van der Waals surface area contributed by atoms with Gasteiger partial charge < -0.3 is 18.9 Å². The Morgan fingerprint density at radius 1 is 0.909 bits per heavy atom. The molecule has 12 heteroatoms. The fraction of sp³-hybridized carbons (Fsp3) is 0.442. The molecule has 2 saturated heterocycles. The van der Waals surface area contributed by atoms with E-state index in [9.17, 15) is 18.4 Å². The fourth-order valence-electron chi connectivity index (χ4n) is 7.27. The van der Waals surface area contributed by atoms with Gasteiger partial charge >= 0.3 is 6.18 Å². The number of likely N-dealkylation sites (tertiary alicyclic amines) is 1. The van der Waals surface area contributed by atoms with Crippen LogP contribution < -0.4 is 14.2 Å². The maximum atomic E-state index is 13.1. The molecule has 0 spiro atoms. The van der Waals surface area contributed by atoms with Crippen LogP contribution in [0, 0.1) is 25.2 Å². The van der Waals surface area contributed by atoms with Crippen molar-refractivity contribution in [3.63, 3.8) is 0 Å². The van der Waals surface area contributed by atoms with Crippen molar-refractivity contribution in [2.75, 3.05) is 39.4 Å². The maximum Gasteiger partial charge on any atom is 0.415 e. The van der Waals surface area contributed by atoms with E-state index in [4.69, 9.17) is 30.5 Å². The lowest BCUT2D eigenvalue weighted by Gasteiger charge is -2.33. The van der Waals surface area contributed by atoms with Crippen LogP contribution in [0.25, 0.3) is 11.1 Å². The Labute approximate surface area is 326 Å². The number of ether oxygens (including phenoxy) is 4. The van der Waals surface area contributed by atoms with Gasteiger partial charge in [-0.05, 0) is 92.6 Å². The van der Waals surface area contributed by atoms with E-state index in [-0.39, 0.29) is 26.4 Å². The highest BCUT2D eigenvalue weighted by Crippen LogP contribution is 2.37. The van der Waals surface area contributed by atoms with Crippen molar-refractivity contribution >= 4 is 11.6 Å². The van der Waals surface area contributed by atoms with Gasteiger partial charge in [-0.2, -0.15) is 18.4 Å². The van der Waals surface area contributed by atoms with E-state index in [2.05, 4.69) is 41.9 Å². The first-order chi connectivity index (χ1) is 26.5. The Hall–Kier alpha value is -4.34. The van der Waals surface area contributed by atoms with Crippen molar-refractivity contribution in [2.45, 2.75) is 84.5 Å². The summed E-state index contributed by atoms with van der Waals surface area (Å²) in [4.78, 5) is 8.42. The van der Waals surface area contributed by atoms with E-state index in [1.165, 1.54) is 12.6 Å². The van der Waals surface area contributed by atoms with Crippen molar-refractivity contribution in [3.8, 4) is 34.4 Å². The van der Waals surface area contributed by atoms with E-state index in [1.54, 1.807) is 17.2 Å². The largest absolute Gasteiger partial charge is 0.493 e. The third-order valence-electron chi connectivity index (χ3n) is 10.5. The SMILES string of the molecule is Cc1c(COc2cc(OCc3cncc(C#N)c3)c(CN3CCCC[C@H]3C)cc2Cl)cccc1-c1cccc(OCCCN2CCOC(C(F)(F)F)C2)c1C. The fourth-order valence-corrected chi connectivity index (χ4v) is 7.51. The lowest BCUT2D eigenvalue weighted by molar-refractivity contribution is -0.237. The monoisotopic (exact) mass is 776 g/mol. The summed E-state index contributed by atoms with van der Waals surface area (Å²) in [7, 11) is 0.